The molecule has 5 nitrogen and oxygen atoms in total. The summed E-state index contributed by atoms with van der Waals surface area (Å²) in [5, 5.41) is 1.40. The van der Waals surface area contributed by atoms with E-state index in [0.29, 0.717) is 11.6 Å². The van der Waals surface area contributed by atoms with E-state index in [9.17, 15) is 0 Å². The van der Waals surface area contributed by atoms with Crippen molar-refractivity contribution in [3.05, 3.63) is 43.0 Å². The van der Waals surface area contributed by atoms with Crippen LogP contribution < -0.4 is 10.9 Å². The van der Waals surface area contributed by atoms with Crippen LogP contribution in [0.2, 0.25) is 0 Å². The Morgan fingerprint density at radius 1 is 1.00 bits per heavy atom. The molecule has 2 N–H and O–H groups in total. The lowest BCUT2D eigenvalue weighted by Crippen LogP contribution is -2.26. The Hall–Kier alpha value is -2.01. The van der Waals surface area contributed by atoms with Crippen LogP contribution in [0, 0.1) is 0 Å². The lowest BCUT2D eigenvalue weighted by atomic mass is 10.4. The molecular weight excluding hydrogens is 178 g/mol. The Morgan fingerprint density at radius 2 is 1.86 bits per heavy atom. The fourth-order valence-electron chi connectivity index (χ4n) is 1.04. The van der Waals surface area contributed by atoms with Crippen LogP contribution in [0.4, 0.5) is 11.6 Å². The molecule has 0 bridgehead atoms. The second kappa shape index (κ2) is 3.80. The summed E-state index contributed by atoms with van der Waals surface area (Å²) >= 11 is 0. The zero-order chi connectivity index (χ0) is 9.80. The molecule has 2 heterocycles. The second-order valence-corrected chi connectivity index (χ2v) is 2.63. The summed E-state index contributed by atoms with van der Waals surface area (Å²) in [5.74, 6) is 7.05. The minimum atomic E-state index is 0.610. The molecule has 2 rings (SSSR count). The summed E-state index contributed by atoms with van der Waals surface area (Å²) in [6, 6.07) is 7.22. The van der Waals surface area contributed by atoms with Crippen LogP contribution in [-0.2, 0) is 0 Å². The predicted molar refractivity (Wildman–Crippen MR) is 52.6 cm³/mol. The van der Waals surface area contributed by atoms with Crippen molar-refractivity contribution in [3.63, 3.8) is 0 Å². The number of aromatic nitrogens is 3. The summed E-state index contributed by atoms with van der Waals surface area (Å²) in [7, 11) is 0. The summed E-state index contributed by atoms with van der Waals surface area (Å²) < 4.78 is 0. The molecule has 0 atom stereocenters. The van der Waals surface area contributed by atoms with Crippen molar-refractivity contribution in [2.75, 3.05) is 5.01 Å². The molecular formula is C9H9N5. The van der Waals surface area contributed by atoms with Crippen LogP contribution in [0.15, 0.2) is 43.0 Å². The highest BCUT2D eigenvalue weighted by molar-refractivity contribution is 5.52. The first-order valence-corrected chi connectivity index (χ1v) is 4.10. The number of anilines is 2. The molecule has 0 saturated carbocycles. The van der Waals surface area contributed by atoms with Gasteiger partial charge in [-0.05, 0) is 12.1 Å². The molecule has 0 fully saturated rings. The van der Waals surface area contributed by atoms with E-state index in [0.717, 1.165) is 0 Å². The highest BCUT2D eigenvalue weighted by atomic mass is 15.5. The van der Waals surface area contributed by atoms with Crippen molar-refractivity contribution in [1.82, 2.24) is 15.0 Å². The fraction of sp³-hybridized carbons (Fsp3) is 0. The topological polar surface area (TPSA) is 67.9 Å². The second-order valence-electron chi connectivity index (χ2n) is 2.63. The minimum absolute atomic E-state index is 0.610. The number of nitrogens with two attached hydrogens (primary N) is 1. The molecule has 14 heavy (non-hydrogen) atoms. The summed E-state index contributed by atoms with van der Waals surface area (Å²) in [4.78, 5) is 11.9. The molecule has 0 spiro atoms. The molecule has 2 aromatic heterocycles. The van der Waals surface area contributed by atoms with Crippen LogP contribution in [0.5, 0.6) is 0 Å². The zero-order valence-electron chi connectivity index (χ0n) is 7.41. The van der Waals surface area contributed by atoms with Crippen molar-refractivity contribution < 1.29 is 0 Å². The molecule has 70 valence electrons. The van der Waals surface area contributed by atoms with Gasteiger partial charge in [0.1, 0.15) is 12.1 Å². The molecule has 0 saturated heterocycles. The van der Waals surface area contributed by atoms with Crippen molar-refractivity contribution in [2.24, 2.45) is 5.84 Å². The van der Waals surface area contributed by atoms with Crippen LogP contribution >= 0.6 is 0 Å². The van der Waals surface area contributed by atoms with Gasteiger partial charge >= 0.3 is 0 Å². The monoisotopic (exact) mass is 187 g/mol. The van der Waals surface area contributed by atoms with Crippen molar-refractivity contribution in [2.45, 2.75) is 0 Å². The van der Waals surface area contributed by atoms with E-state index in [1.54, 1.807) is 18.5 Å². The SMILES string of the molecule is NN(c1ccccn1)c1ccncn1. The first-order chi connectivity index (χ1) is 6.88. The van der Waals surface area contributed by atoms with Gasteiger partial charge in [-0.3, -0.25) is 0 Å². The van der Waals surface area contributed by atoms with E-state index in [4.69, 9.17) is 5.84 Å². The van der Waals surface area contributed by atoms with E-state index in [1.165, 1.54) is 11.3 Å². The van der Waals surface area contributed by atoms with Gasteiger partial charge in [-0.15, -0.1) is 0 Å². The van der Waals surface area contributed by atoms with E-state index in [2.05, 4.69) is 15.0 Å². The molecule has 0 aliphatic carbocycles. The Balaban J connectivity index is 2.30. The third kappa shape index (κ3) is 1.67. The molecule has 0 amide bonds. The maximum absolute atomic E-state index is 5.80. The number of pyridine rings is 1. The third-order valence-corrected chi connectivity index (χ3v) is 1.71. The standard InChI is InChI=1S/C9H9N5/c10-14(8-3-1-2-5-12-8)9-4-6-11-7-13-9/h1-7H,10H2. The Kier molecular flexibility index (Phi) is 2.33. The predicted octanol–water partition coefficient (Wildman–Crippen LogP) is 0.883. The summed E-state index contributed by atoms with van der Waals surface area (Å²) in [5.41, 5.74) is 0. The van der Waals surface area contributed by atoms with Crippen molar-refractivity contribution in [1.29, 1.82) is 0 Å². The maximum atomic E-state index is 5.80. The first kappa shape index (κ1) is 8.58. The van der Waals surface area contributed by atoms with Crippen LogP contribution in [0.25, 0.3) is 0 Å². The number of rotatable bonds is 2. The molecule has 0 aliphatic rings. The van der Waals surface area contributed by atoms with Crippen LogP contribution in [-0.4, -0.2) is 15.0 Å². The molecule has 5 heteroatoms. The highest BCUT2D eigenvalue weighted by Crippen LogP contribution is 2.14. The Bertz CT molecular complexity index is 349. The van der Waals surface area contributed by atoms with Crippen molar-refractivity contribution in [3.8, 4) is 0 Å². The minimum Gasteiger partial charge on any atom is -0.245 e. The molecule has 0 aliphatic heterocycles. The normalized spacial score (nSPS) is 9.79. The highest BCUT2D eigenvalue weighted by Gasteiger charge is 2.04. The number of hydrogen-bond donors (Lipinski definition) is 1. The van der Waals surface area contributed by atoms with Gasteiger partial charge in [0, 0.05) is 18.5 Å². The molecule has 0 radical (unpaired) electrons. The zero-order valence-corrected chi connectivity index (χ0v) is 7.41. The fourth-order valence-corrected chi connectivity index (χ4v) is 1.04. The number of hydrogen-bond acceptors (Lipinski definition) is 5. The van der Waals surface area contributed by atoms with Gasteiger partial charge in [0.15, 0.2) is 5.82 Å². The average Bonchev–Trinajstić information content (AvgIpc) is 2.30. The quantitative estimate of drug-likeness (QED) is 0.558. The van der Waals surface area contributed by atoms with E-state index in [1.807, 2.05) is 18.2 Å². The summed E-state index contributed by atoms with van der Waals surface area (Å²) in [6.45, 7) is 0. The largest absolute Gasteiger partial charge is 0.245 e. The lowest BCUT2D eigenvalue weighted by Gasteiger charge is -2.15. The molecule has 2 aromatic rings. The van der Waals surface area contributed by atoms with E-state index in [-0.39, 0.29) is 0 Å². The van der Waals surface area contributed by atoms with Crippen LogP contribution in [0.1, 0.15) is 0 Å². The van der Waals surface area contributed by atoms with Gasteiger partial charge in [0.25, 0.3) is 0 Å². The average molecular weight is 187 g/mol. The van der Waals surface area contributed by atoms with E-state index < -0.39 is 0 Å². The van der Waals surface area contributed by atoms with Gasteiger partial charge in [0.05, 0.1) is 0 Å². The molecule has 0 unspecified atom stereocenters. The smallest absolute Gasteiger partial charge is 0.151 e. The van der Waals surface area contributed by atoms with Gasteiger partial charge in [-0.2, -0.15) is 0 Å². The van der Waals surface area contributed by atoms with Crippen LogP contribution in [0.3, 0.4) is 0 Å². The number of hydrazine groups is 1. The third-order valence-electron chi connectivity index (χ3n) is 1.71. The van der Waals surface area contributed by atoms with Gasteiger partial charge < -0.3 is 0 Å². The van der Waals surface area contributed by atoms with Crippen molar-refractivity contribution >= 4 is 11.6 Å². The number of nitrogens with zero attached hydrogens (tertiary/aromatic N) is 4. The summed E-state index contributed by atoms with van der Waals surface area (Å²) in [6.07, 6.45) is 4.75. The van der Waals surface area contributed by atoms with Gasteiger partial charge in [0.2, 0.25) is 0 Å². The Labute approximate surface area is 81.2 Å². The first-order valence-electron chi connectivity index (χ1n) is 4.10. The lowest BCUT2D eigenvalue weighted by molar-refractivity contribution is 0.983. The Morgan fingerprint density at radius 3 is 2.50 bits per heavy atom. The molecule has 0 aromatic carbocycles. The van der Waals surface area contributed by atoms with Gasteiger partial charge in [-0.1, -0.05) is 6.07 Å². The van der Waals surface area contributed by atoms with E-state index >= 15 is 0 Å². The maximum Gasteiger partial charge on any atom is 0.151 e. The van der Waals surface area contributed by atoms with Gasteiger partial charge in [-0.25, -0.2) is 25.8 Å².